The van der Waals surface area contributed by atoms with Crippen molar-refractivity contribution in [1.29, 1.82) is 0 Å². The standard InChI is InChI=1S/C44H89N3O3/c1-7-11-15-18-19-22-30-47(35-42(49)27-21-17-13-9-3)44(6)39-25-23-24-38(37(5)43(44)29-28-39)32-46(33-40(45)36-50-31-14-10-4)34-41(48)26-20-16-12-8-2/h37-43,48-49H,7-36,45H2,1-6H3. The van der Waals surface area contributed by atoms with Crippen molar-refractivity contribution in [1.82, 2.24) is 9.80 Å². The third-order valence-electron chi connectivity index (χ3n) is 13.0. The molecule has 0 spiro atoms. The zero-order valence-corrected chi connectivity index (χ0v) is 34.5. The first-order valence-corrected chi connectivity index (χ1v) is 22.4. The van der Waals surface area contributed by atoms with Crippen molar-refractivity contribution in [3.8, 4) is 0 Å². The molecule has 0 aromatic rings. The summed E-state index contributed by atoms with van der Waals surface area (Å²) >= 11 is 0. The van der Waals surface area contributed by atoms with Gasteiger partial charge in [-0.05, 0) is 88.5 Å². The maximum Gasteiger partial charge on any atom is 0.0667 e. The van der Waals surface area contributed by atoms with Crippen LogP contribution >= 0.6 is 0 Å². The van der Waals surface area contributed by atoms with Crippen LogP contribution in [-0.4, -0.2) is 89.7 Å². The van der Waals surface area contributed by atoms with Crippen LogP contribution < -0.4 is 5.73 Å². The summed E-state index contributed by atoms with van der Waals surface area (Å²) in [6, 6.07) is -0.0317. The number of ether oxygens (including phenoxy) is 1. The van der Waals surface area contributed by atoms with E-state index in [4.69, 9.17) is 10.5 Å². The molecule has 2 aliphatic carbocycles. The number of unbranched alkanes of at least 4 members (excludes halogenated alkanes) is 12. The molecule has 6 nitrogen and oxygen atoms in total. The molecular formula is C44H89N3O3. The lowest BCUT2D eigenvalue weighted by Crippen LogP contribution is -2.58. The van der Waals surface area contributed by atoms with Gasteiger partial charge in [-0.2, -0.15) is 0 Å². The van der Waals surface area contributed by atoms with Crippen molar-refractivity contribution in [2.45, 2.75) is 213 Å². The number of aliphatic hydroxyl groups is 2. The molecule has 0 aromatic heterocycles. The maximum atomic E-state index is 11.4. The molecule has 0 radical (unpaired) electrons. The number of aliphatic hydroxyl groups excluding tert-OH is 2. The van der Waals surface area contributed by atoms with Crippen LogP contribution in [0.1, 0.15) is 189 Å². The van der Waals surface area contributed by atoms with Gasteiger partial charge in [0, 0.05) is 44.4 Å². The number of β-amino-alcohol motifs (C(OH)–C–C–N with tert-alkyl or cyclic N) is 1. The third kappa shape index (κ3) is 16.8. The molecule has 4 N–H and O–H groups in total. The summed E-state index contributed by atoms with van der Waals surface area (Å²) in [7, 11) is 0. The highest BCUT2D eigenvalue weighted by atomic mass is 16.5. The first kappa shape index (κ1) is 45.9. The fourth-order valence-electron chi connectivity index (χ4n) is 9.85. The smallest absolute Gasteiger partial charge is 0.0667 e. The normalized spacial score (nSPS) is 26.0. The van der Waals surface area contributed by atoms with Gasteiger partial charge in [-0.1, -0.05) is 131 Å². The van der Waals surface area contributed by atoms with E-state index < -0.39 is 0 Å². The van der Waals surface area contributed by atoms with Gasteiger partial charge in [-0.3, -0.25) is 9.80 Å². The molecule has 0 amide bonds. The highest BCUT2D eigenvalue weighted by Gasteiger charge is 2.53. The Bertz CT molecular complexity index is 780. The van der Waals surface area contributed by atoms with Gasteiger partial charge in [-0.25, -0.2) is 0 Å². The van der Waals surface area contributed by atoms with Crippen LogP contribution in [0.4, 0.5) is 0 Å². The lowest BCUT2D eigenvalue weighted by atomic mass is 9.66. The molecular weight excluding hydrogens is 619 g/mol. The maximum absolute atomic E-state index is 11.4. The molecule has 2 bridgehead atoms. The van der Waals surface area contributed by atoms with Crippen LogP contribution in [0, 0.1) is 23.7 Å². The largest absolute Gasteiger partial charge is 0.392 e. The Hall–Kier alpha value is -0.240. The molecule has 0 aliphatic heterocycles. The summed E-state index contributed by atoms with van der Waals surface area (Å²) < 4.78 is 5.96. The Kier molecular flexibility index (Phi) is 25.1. The Morgan fingerprint density at radius 3 is 1.92 bits per heavy atom. The average Bonchev–Trinajstić information content (AvgIpc) is 3.46. The molecule has 2 rings (SSSR count). The van der Waals surface area contributed by atoms with Gasteiger partial charge < -0.3 is 20.7 Å². The topological polar surface area (TPSA) is 82.2 Å². The van der Waals surface area contributed by atoms with Gasteiger partial charge in [-0.15, -0.1) is 0 Å². The minimum absolute atomic E-state index is 0.0317. The van der Waals surface area contributed by atoms with Crippen molar-refractivity contribution in [3.63, 3.8) is 0 Å². The number of rotatable bonds is 31. The monoisotopic (exact) mass is 708 g/mol. The van der Waals surface area contributed by atoms with E-state index in [1.807, 2.05) is 0 Å². The molecule has 8 atom stereocenters. The predicted molar refractivity (Wildman–Crippen MR) is 216 cm³/mol. The number of hydrogen-bond donors (Lipinski definition) is 3. The van der Waals surface area contributed by atoms with Crippen molar-refractivity contribution in [2.75, 3.05) is 45.9 Å². The van der Waals surface area contributed by atoms with Gasteiger partial charge in [0.2, 0.25) is 0 Å². The Morgan fingerprint density at radius 2 is 1.28 bits per heavy atom. The van der Waals surface area contributed by atoms with Gasteiger partial charge in [0.25, 0.3) is 0 Å². The van der Waals surface area contributed by atoms with Crippen LogP contribution in [0.3, 0.4) is 0 Å². The highest BCUT2D eigenvalue weighted by molar-refractivity contribution is 5.07. The van der Waals surface area contributed by atoms with E-state index in [-0.39, 0.29) is 23.8 Å². The van der Waals surface area contributed by atoms with Gasteiger partial charge in [0.1, 0.15) is 0 Å². The SMILES string of the molecule is CCCCCCCCN(CC(O)CCCCCC)C1(C)C2CCCC(CN(CC(N)COCCCC)CC(O)CCCCCC)C(C)C1CC2. The van der Waals surface area contributed by atoms with E-state index in [1.165, 1.54) is 109 Å². The van der Waals surface area contributed by atoms with Gasteiger partial charge in [0.05, 0.1) is 18.8 Å². The molecule has 0 heterocycles. The summed E-state index contributed by atoms with van der Waals surface area (Å²) in [6.45, 7) is 20.1. The fraction of sp³-hybridized carbons (Fsp3) is 1.00. The number of fused-ring (bicyclic) bond motifs is 2. The average molecular weight is 708 g/mol. The van der Waals surface area contributed by atoms with Crippen molar-refractivity contribution < 1.29 is 14.9 Å². The van der Waals surface area contributed by atoms with E-state index >= 15 is 0 Å². The Balaban J connectivity index is 2.22. The summed E-state index contributed by atoms with van der Waals surface area (Å²) in [6.07, 6.45) is 27.6. The number of hydrogen-bond acceptors (Lipinski definition) is 6. The van der Waals surface area contributed by atoms with Crippen LogP contribution in [0.5, 0.6) is 0 Å². The van der Waals surface area contributed by atoms with E-state index in [0.717, 1.165) is 83.8 Å². The number of nitrogens with two attached hydrogens (primary N) is 1. The van der Waals surface area contributed by atoms with E-state index in [2.05, 4.69) is 51.3 Å². The highest BCUT2D eigenvalue weighted by Crippen LogP contribution is 2.53. The molecule has 50 heavy (non-hydrogen) atoms. The van der Waals surface area contributed by atoms with Crippen LogP contribution in [0.2, 0.25) is 0 Å². The van der Waals surface area contributed by atoms with Crippen molar-refractivity contribution in [2.24, 2.45) is 29.4 Å². The van der Waals surface area contributed by atoms with Gasteiger partial charge in [0.15, 0.2) is 0 Å². The molecule has 6 heteroatoms. The Labute approximate surface area is 312 Å². The number of nitrogens with zero attached hydrogens (tertiary/aromatic N) is 2. The van der Waals surface area contributed by atoms with Crippen LogP contribution in [0.15, 0.2) is 0 Å². The first-order chi connectivity index (χ1) is 24.2. The van der Waals surface area contributed by atoms with Crippen molar-refractivity contribution >= 4 is 0 Å². The molecule has 0 aromatic carbocycles. The second-order valence-corrected chi connectivity index (χ2v) is 17.3. The fourth-order valence-corrected chi connectivity index (χ4v) is 9.85. The summed E-state index contributed by atoms with van der Waals surface area (Å²) in [4.78, 5) is 5.36. The van der Waals surface area contributed by atoms with Crippen LogP contribution in [-0.2, 0) is 4.74 Å². The lowest BCUT2D eigenvalue weighted by molar-refractivity contribution is -0.0429. The third-order valence-corrected chi connectivity index (χ3v) is 13.0. The molecule has 0 saturated heterocycles. The van der Waals surface area contributed by atoms with Crippen LogP contribution in [0.25, 0.3) is 0 Å². The summed E-state index contributed by atoms with van der Waals surface area (Å²) in [5.41, 5.74) is 6.85. The zero-order chi connectivity index (χ0) is 36.6. The van der Waals surface area contributed by atoms with E-state index in [9.17, 15) is 10.2 Å². The Morgan fingerprint density at radius 1 is 0.700 bits per heavy atom. The second kappa shape index (κ2) is 27.4. The quantitative estimate of drug-likeness (QED) is 0.0623. The van der Waals surface area contributed by atoms with E-state index in [1.54, 1.807) is 0 Å². The summed E-state index contributed by atoms with van der Waals surface area (Å²) in [5.74, 6) is 2.55. The molecule has 8 unspecified atom stereocenters. The molecule has 2 aliphatic rings. The molecule has 2 saturated carbocycles. The summed E-state index contributed by atoms with van der Waals surface area (Å²) in [5, 5.41) is 22.7. The molecule has 298 valence electrons. The zero-order valence-electron chi connectivity index (χ0n) is 34.5. The van der Waals surface area contributed by atoms with Gasteiger partial charge >= 0.3 is 0 Å². The van der Waals surface area contributed by atoms with Crippen molar-refractivity contribution in [3.05, 3.63) is 0 Å². The van der Waals surface area contributed by atoms with E-state index in [0.29, 0.717) is 24.4 Å². The first-order valence-electron chi connectivity index (χ1n) is 22.4. The minimum Gasteiger partial charge on any atom is -0.392 e. The minimum atomic E-state index is -0.295. The lowest BCUT2D eigenvalue weighted by Gasteiger charge is -2.52. The predicted octanol–water partition coefficient (Wildman–Crippen LogP) is 9.98. The second-order valence-electron chi connectivity index (χ2n) is 17.3. The molecule has 2 fully saturated rings.